The van der Waals surface area contributed by atoms with E-state index in [4.69, 9.17) is 10.5 Å². The minimum atomic E-state index is 0.0875. The first-order chi connectivity index (χ1) is 15.0. The highest BCUT2D eigenvalue weighted by Gasteiger charge is 2.20. The van der Waals surface area contributed by atoms with Crippen LogP contribution in [0.2, 0.25) is 0 Å². The van der Waals surface area contributed by atoms with Crippen molar-refractivity contribution in [2.75, 3.05) is 33.0 Å². The number of hydrogen-bond donors (Lipinski definition) is 1. The van der Waals surface area contributed by atoms with E-state index in [9.17, 15) is 10.5 Å². The smallest absolute Gasteiger partial charge is 0.143 e. The van der Waals surface area contributed by atoms with E-state index in [1.165, 1.54) is 11.8 Å². The Morgan fingerprint density at radius 3 is 2.45 bits per heavy atom. The Kier molecular flexibility index (Phi) is 7.39. The van der Waals surface area contributed by atoms with E-state index in [0.29, 0.717) is 39.8 Å². The van der Waals surface area contributed by atoms with E-state index in [2.05, 4.69) is 27.3 Å². The van der Waals surface area contributed by atoms with Crippen molar-refractivity contribution in [2.24, 2.45) is 0 Å². The molecule has 0 spiro atoms. The summed E-state index contributed by atoms with van der Waals surface area (Å²) in [6.45, 7) is 1.36. The molecule has 31 heavy (non-hydrogen) atoms. The second-order valence-electron chi connectivity index (χ2n) is 6.83. The third kappa shape index (κ3) is 5.48. The van der Waals surface area contributed by atoms with Crippen molar-refractivity contribution in [1.82, 2.24) is 20.1 Å². The van der Waals surface area contributed by atoms with Crippen LogP contribution in [0.5, 0.6) is 5.75 Å². The van der Waals surface area contributed by atoms with Gasteiger partial charge in [-0.05, 0) is 43.9 Å². The second kappa shape index (κ2) is 10.4. The number of hydrogen-bond acceptors (Lipinski definition) is 9. The number of thioether (sulfide) groups is 1. The lowest BCUT2D eigenvalue weighted by atomic mass is 9.97. The standard InChI is InChI=1S/C22H21N7OS/c1-29(2)10-11-30-17-7-5-15(6-8-17)20-18(12-23)21(25)27-22(19(20)13-24)31-14-16-4-3-9-26-28-16/h3-9H,10-11,14H2,1-2H3,(H2,25,27). The van der Waals surface area contributed by atoms with Gasteiger partial charge in [0.15, 0.2) is 0 Å². The Labute approximate surface area is 185 Å². The van der Waals surface area contributed by atoms with Crippen LogP contribution in [-0.4, -0.2) is 47.3 Å². The summed E-state index contributed by atoms with van der Waals surface area (Å²) < 4.78 is 5.73. The fraction of sp³-hybridized carbons (Fsp3) is 0.227. The van der Waals surface area contributed by atoms with Crippen molar-refractivity contribution in [3.05, 3.63) is 59.4 Å². The van der Waals surface area contributed by atoms with Gasteiger partial charge >= 0.3 is 0 Å². The summed E-state index contributed by atoms with van der Waals surface area (Å²) in [5.74, 6) is 1.27. The average molecular weight is 432 g/mol. The Morgan fingerprint density at radius 1 is 1.10 bits per heavy atom. The van der Waals surface area contributed by atoms with Crippen LogP contribution >= 0.6 is 11.8 Å². The molecule has 156 valence electrons. The number of benzene rings is 1. The SMILES string of the molecule is CN(C)CCOc1ccc(-c2c(C#N)c(N)nc(SCc3cccnn3)c2C#N)cc1. The van der Waals surface area contributed by atoms with Gasteiger partial charge in [0.2, 0.25) is 0 Å². The van der Waals surface area contributed by atoms with E-state index >= 15 is 0 Å². The van der Waals surface area contributed by atoms with E-state index in [-0.39, 0.29) is 11.4 Å². The predicted molar refractivity (Wildman–Crippen MR) is 119 cm³/mol. The monoisotopic (exact) mass is 431 g/mol. The van der Waals surface area contributed by atoms with Crippen LogP contribution in [-0.2, 0) is 5.75 Å². The molecule has 0 bridgehead atoms. The highest BCUT2D eigenvalue weighted by atomic mass is 32.2. The van der Waals surface area contributed by atoms with Crippen LogP contribution in [0.3, 0.4) is 0 Å². The van der Waals surface area contributed by atoms with Crippen molar-refractivity contribution in [1.29, 1.82) is 10.5 Å². The van der Waals surface area contributed by atoms with Crippen LogP contribution in [0.4, 0.5) is 5.82 Å². The minimum absolute atomic E-state index is 0.0875. The van der Waals surface area contributed by atoms with Gasteiger partial charge in [-0.1, -0.05) is 23.9 Å². The maximum atomic E-state index is 9.88. The molecule has 0 amide bonds. The molecule has 9 heteroatoms. The summed E-state index contributed by atoms with van der Waals surface area (Å²) in [6.07, 6.45) is 1.60. The van der Waals surface area contributed by atoms with Crippen LogP contribution in [0.15, 0.2) is 47.6 Å². The number of nitriles is 2. The maximum absolute atomic E-state index is 9.88. The number of anilines is 1. The molecular formula is C22H21N7OS. The van der Waals surface area contributed by atoms with Gasteiger partial charge < -0.3 is 15.4 Å². The zero-order valence-electron chi connectivity index (χ0n) is 17.2. The molecule has 0 aliphatic heterocycles. The quantitative estimate of drug-likeness (QED) is 0.535. The van der Waals surface area contributed by atoms with Gasteiger partial charge in [-0.15, -0.1) is 0 Å². The molecule has 0 aliphatic rings. The first kappa shape index (κ1) is 22.0. The lowest BCUT2D eigenvalue weighted by molar-refractivity contribution is 0.261. The molecule has 0 fully saturated rings. The lowest BCUT2D eigenvalue weighted by Gasteiger charge is -2.14. The molecule has 3 rings (SSSR count). The van der Waals surface area contributed by atoms with E-state index in [1.54, 1.807) is 12.3 Å². The van der Waals surface area contributed by atoms with E-state index < -0.39 is 0 Å². The first-order valence-electron chi connectivity index (χ1n) is 9.44. The number of likely N-dealkylation sites (N-methyl/N-ethyl adjacent to an activating group) is 1. The predicted octanol–water partition coefficient (Wildman–Crippen LogP) is 3.10. The number of pyridine rings is 1. The molecule has 2 aromatic heterocycles. The lowest BCUT2D eigenvalue weighted by Crippen LogP contribution is -2.19. The molecule has 0 radical (unpaired) electrons. The zero-order chi connectivity index (χ0) is 22.2. The number of aromatic nitrogens is 3. The Morgan fingerprint density at radius 2 is 1.84 bits per heavy atom. The van der Waals surface area contributed by atoms with Crippen LogP contribution in [0.1, 0.15) is 16.8 Å². The molecular weight excluding hydrogens is 410 g/mol. The molecule has 8 nitrogen and oxygen atoms in total. The van der Waals surface area contributed by atoms with Gasteiger partial charge in [-0.25, -0.2) is 4.98 Å². The van der Waals surface area contributed by atoms with Gasteiger partial charge in [0.05, 0.1) is 11.3 Å². The zero-order valence-corrected chi connectivity index (χ0v) is 18.1. The van der Waals surface area contributed by atoms with Crippen molar-refractivity contribution < 1.29 is 4.74 Å². The topological polar surface area (TPSA) is 125 Å². The fourth-order valence-electron chi connectivity index (χ4n) is 2.81. The Hall–Kier alpha value is -3.66. The molecule has 0 saturated carbocycles. The Balaban J connectivity index is 1.94. The largest absolute Gasteiger partial charge is 0.492 e. The average Bonchev–Trinajstić information content (AvgIpc) is 2.78. The summed E-state index contributed by atoms with van der Waals surface area (Å²) in [7, 11) is 3.96. The maximum Gasteiger partial charge on any atom is 0.143 e. The van der Waals surface area contributed by atoms with Gasteiger partial charge in [-0.3, -0.25) is 0 Å². The van der Waals surface area contributed by atoms with Crippen molar-refractivity contribution in [3.8, 4) is 29.0 Å². The normalized spacial score (nSPS) is 10.5. The van der Waals surface area contributed by atoms with Crippen LogP contribution in [0, 0.1) is 22.7 Å². The highest BCUT2D eigenvalue weighted by Crippen LogP contribution is 2.36. The summed E-state index contributed by atoms with van der Waals surface area (Å²) in [5.41, 5.74) is 8.48. The summed E-state index contributed by atoms with van der Waals surface area (Å²) in [4.78, 5) is 6.34. The van der Waals surface area contributed by atoms with E-state index in [1.807, 2.05) is 49.3 Å². The van der Waals surface area contributed by atoms with Crippen molar-refractivity contribution >= 4 is 17.6 Å². The minimum Gasteiger partial charge on any atom is -0.492 e. The van der Waals surface area contributed by atoms with Gasteiger partial charge in [0.1, 0.15) is 40.9 Å². The molecule has 3 aromatic rings. The molecule has 0 unspecified atom stereocenters. The molecule has 2 heterocycles. The molecule has 0 saturated heterocycles. The second-order valence-corrected chi connectivity index (χ2v) is 7.79. The third-order valence-electron chi connectivity index (χ3n) is 4.35. The summed E-state index contributed by atoms with van der Waals surface area (Å²) in [5, 5.41) is 27.9. The van der Waals surface area contributed by atoms with Crippen molar-refractivity contribution in [2.45, 2.75) is 10.8 Å². The number of nitrogen functional groups attached to an aromatic ring is 1. The van der Waals surface area contributed by atoms with Crippen molar-refractivity contribution in [3.63, 3.8) is 0 Å². The number of nitrogens with zero attached hydrogens (tertiary/aromatic N) is 6. The fourth-order valence-corrected chi connectivity index (χ4v) is 3.70. The summed E-state index contributed by atoms with van der Waals surface area (Å²) >= 11 is 1.33. The molecule has 0 atom stereocenters. The number of nitrogens with two attached hydrogens (primary N) is 1. The van der Waals surface area contributed by atoms with Gasteiger partial charge in [0, 0.05) is 24.1 Å². The molecule has 2 N–H and O–H groups in total. The Bertz CT molecular complexity index is 1120. The van der Waals surface area contributed by atoms with Gasteiger partial charge in [-0.2, -0.15) is 20.7 Å². The number of ether oxygens (including phenoxy) is 1. The van der Waals surface area contributed by atoms with E-state index in [0.717, 1.165) is 12.2 Å². The highest BCUT2D eigenvalue weighted by molar-refractivity contribution is 7.98. The third-order valence-corrected chi connectivity index (χ3v) is 5.36. The molecule has 0 aliphatic carbocycles. The number of rotatable bonds is 8. The van der Waals surface area contributed by atoms with Crippen LogP contribution in [0.25, 0.3) is 11.1 Å². The van der Waals surface area contributed by atoms with Crippen LogP contribution < -0.4 is 10.5 Å². The first-order valence-corrected chi connectivity index (χ1v) is 10.4. The molecule has 1 aromatic carbocycles. The summed E-state index contributed by atoms with van der Waals surface area (Å²) in [6, 6.07) is 15.2. The van der Waals surface area contributed by atoms with Gasteiger partial charge in [0.25, 0.3) is 0 Å².